The average Bonchev–Trinajstić information content (AvgIpc) is 2.69. The van der Waals surface area contributed by atoms with Gasteiger partial charge >= 0.3 is 11.8 Å². The van der Waals surface area contributed by atoms with Crippen LogP contribution < -0.4 is 20.2 Å². The first-order valence-corrected chi connectivity index (χ1v) is 8.11. The van der Waals surface area contributed by atoms with Gasteiger partial charge in [-0.2, -0.15) is 5.10 Å². The van der Waals surface area contributed by atoms with Crippen molar-refractivity contribution >= 4 is 18.0 Å². The molecule has 0 saturated heterocycles. The third-order valence-corrected chi connectivity index (χ3v) is 3.63. The van der Waals surface area contributed by atoms with E-state index in [0.29, 0.717) is 17.9 Å². The molecule has 0 fully saturated rings. The number of hydrogen-bond donors (Lipinski definition) is 2. The maximum Gasteiger partial charge on any atom is 0.329 e. The van der Waals surface area contributed by atoms with Gasteiger partial charge in [0.1, 0.15) is 5.82 Å². The van der Waals surface area contributed by atoms with Crippen molar-refractivity contribution in [2.75, 3.05) is 20.8 Å². The fourth-order valence-corrected chi connectivity index (χ4v) is 2.23. The fraction of sp³-hybridized carbons (Fsp3) is 0.211. The van der Waals surface area contributed by atoms with Crippen LogP contribution in [0.25, 0.3) is 0 Å². The molecule has 0 radical (unpaired) electrons. The average molecular weight is 373 g/mol. The molecule has 7 nitrogen and oxygen atoms in total. The zero-order valence-electron chi connectivity index (χ0n) is 15.0. The van der Waals surface area contributed by atoms with Crippen molar-refractivity contribution in [2.45, 2.75) is 6.42 Å². The molecule has 0 saturated carbocycles. The summed E-state index contributed by atoms with van der Waals surface area (Å²) in [5.74, 6) is -1.05. The van der Waals surface area contributed by atoms with Gasteiger partial charge in [-0.25, -0.2) is 9.82 Å². The summed E-state index contributed by atoms with van der Waals surface area (Å²) in [5.41, 5.74) is 3.16. The molecule has 0 spiro atoms. The summed E-state index contributed by atoms with van der Waals surface area (Å²) in [4.78, 5) is 23.4. The Morgan fingerprint density at radius 3 is 2.52 bits per heavy atom. The highest BCUT2D eigenvalue weighted by Gasteiger charge is 2.12. The second kappa shape index (κ2) is 9.91. The number of amides is 2. The van der Waals surface area contributed by atoms with Crippen LogP contribution in [0.5, 0.6) is 11.5 Å². The summed E-state index contributed by atoms with van der Waals surface area (Å²) in [6.07, 6.45) is 1.63. The molecule has 2 amide bonds. The van der Waals surface area contributed by atoms with Crippen LogP contribution in [-0.4, -0.2) is 38.8 Å². The van der Waals surface area contributed by atoms with Gasteiger partial charge in [-0.3, -0.25) is 9.59 Å². The topological polar surface area (TPSA) is 89.0 Å². The van der Waals surface area contributed by atoms with Crippen molar-refractivity contribution < 1.29 is 23.5 Å². The lowest BCUT2D eigenvalue weighted by atomic mass is 10.1. The first-order chi connectivity index (χ1) is 13.0. The summed E-state index contributed by atoms with van der Waals surface area (Å²) >= 11 is 0. The van der Waals surface area contributed by atoms with E-state index in [-0.39, 0.29) is 12.1 Å². The molecule has 2 aromatic carbocycles. The summed E-state index contributed by atoms with van der Waals surface area (Å²) in [7, 11) is 3.08. The number of nitrogens with zero attached hydrogens (tertiary/aromatic N) is 1. The van der Waals surface area contributed by atoms with E-state index in [1.165, 1.54) is 25.3 Å². The van der Waals surface area contributed by atoms with E-state index >= 15 is 0 Å². The van der Waals surface area contributed by atoms with Crippen molar-refractivity contribution in [2.24, 2.45) is 5.10 Å². The van der Waals surface area contributed by atoms with Crippen molar-refractivity contribution in [1.29, 1.82) is 0 Å². The molecular weight excluding hydrogens is 353 g/mol. The monoisotopic (exact) mass is 373 g/mol. The minimum atomic E-state index is -0.935. The van der Waals surface area contributed by atoms with E-state index < -0.39 is 17.6 Å². The third-order valence-electron chi connectivity index (χ3n) is 3.63. The Balaban J connectivity index is 1.80. The molecule has 0 aliphatic heterocycles. The first kappa shape index (κ1) is 19.9. The third kappa shape index (κ3) is 5.81. The summed E-state index contributed by atoms with van der Waals surface area (Å²) < 4.78 is 23.8. The SMILES string of the molecule is COc1ccc(CCNC(=O)C(=O)N/N=C\c2ccccc2F)cc1OC. The van der Waals surface area contributed by atoms with Crippen molar-refractivity contribution in [3.8, 4) is 11.5 Å². The van der Waals surface area contributed by atoms with Gasteiger partial charge in [-0.05, 0) is 30.2 Å². The Kier molecular flexibility index (Phi) is 7.30. The molecule has 0 aliphatic rings. The Bertz CT molecular complexity index is 839. The predicted molar refractivity (Wildman–Crippen MR) is 98.4 cm³/mol. The van der Waals surface area contributed by atoms with Gasteiger partial charge in [0.2, 0.25) is 0 Å². The molecule has 2 N–H and O–H groups in total. The normalized spacial score (nSPS) is 10.5. The minimum Gasteiger partial charge on any atom is -0.493 e. The fourth-order valence-electron chi connectivity index (χ4n) is 2.23. The van der Waals surface area contributed by atoms with Crippen LogP contribution in [0.1, 0.15) is 11.1 Å². The number of halogens is 1. The molecule has 0 heterocycles. The number of hydrogen-bond acceptors (Lipinski definition) is 5. The van der Waals surface area contributed by atoms with Gasteiger partial charge < -0.3 is 14.8 Å². The molecule has 2 aromatic rings. The Hall–Kier alpha value is -3.42. The maximum atomic E-state index is 13.4. The highest BCUT2D eigenvalue weighted by atomic mass is 19.1. The standard InChI is InChI=1S/C19H20FN3O4/c1-26-16-8-7-13(11-17(16)27-2)9-10-21-18(24)19(25)23-22-12-14-5-3-4-6-15(14)20/h3-8,11-12H,9-10H2,1-2H3,(H,21,24)(H,23,25)/b22-12-. The lowest BCUT2D eigenvalue weighted by Crippen LogP contribution is -2.38. The summed E-state index contributed by atoms with van der Waals surface area (Å²) in [5, 5.41) is 6.06. The minimum absolute atomic E-state index is 0.201. The predicted octanol–water partition coefficient (Wildman–Crippen LogP) is 1.65. The second-order valence-electron chi connectivity index (χ2n) is 5.42. The lowest BCUT2D eigenvalue weighted by molar-refractivity contribution is -0.139. The van der Waals surface area contributed by atoms with Gasteiger partial charge in [0.25, 0.3) is 0 Å². The van der Waals surface area contributed by atoms with Crippen LogP contribution in [-0.2, 0) is 16.0 Å². The first-order valence-electron chi connectivity index (χ1n) is 8.11. The highest BCUT2D eigenvalue weighted by Crippen LogP contribution is 2.27. The van der Waals surface area contributed by atoms with Crippen molar-refractivity contribution in [3.05, 3.63) is 59.4 Å². The van der Waals surface area contributed by atoms with Crippen LogP contribution in [0.4, 0.5) is 4.39 Å². The molecule has 142 valence electrons. The molecule has 2 rings (SSSR count). The van der Waals surface area contributed by atoms with E-state index in [9.17, 15) is 14.0 Å². The van der Waals surface area contributed by atoms with E-state index in [1.807, 2.05) is 6.07 Å². The zero-order chi connectivity index (χ0) is 19.6. The van der Waals surface area contributed by atoms with Gasteiger partial charge in [0, 0.05) is 12.1 Å². The molecule has 27 heavy (non-hydrogen) atoms. The number of hydrazone groups is 1. The largest absolute Gasteiger partial charge is 0.493 e. The second-order valence-corrected chi connectivity index (χ2v) is 5.42. The Labute approximate surface area is 156 Å². The molecule has 0 aliphatic carbocycles. The van der Waals surface area contributed by atoms with Crippen LogP contribution in [0.2, 0.25) is 0 Å². The molecule has 0 aromatic heterocycles. The quantitative estimate of drug-likeness (QED) is 0.439. The molecule has 0 bridgehead atoms. The number of rotatable bonds is 7. The maximum absolute atomic E-state index is 13.4. The number of nitrogens with one attached hydrogen (secondary N) is 2. The Morgan fingerprint density at radius 2 is 1.81 bits per heavy atom. The smallest absolute Gasteiger partial charge is 0.329 e. The number of ether oxygens (including phenoxy) is 2. The van der Waals surface area contributed by atoms with Crippen LogP contribution >= 0.6 is 0 Å². The van der Waals surface area contributed by atoms with Gasteiger partial charge in [-0.15, -0.1) is 0 Å². The van der Waals surface area contributed by atoms with Crippen LogP contribution in [0, 0.1) is 5.82 Å². The molecule has 0 unspecified atom stereocenters. The van der Waals surface area contributed by atoms with Gasteiger partial charge in [0.15, 0.2) is 11.5 Å². The van der Waals surface area contributed by atoms with Crippen LogP contribution in [0.3, 0.4) is 0 Å². The van der Waals surface area contributed by atoms with E-state index in [1.54, 1.807) is 25.3 Å². The Morgan fingerprint density at radius 1 is 1.07 bits per heavy atom. The summed E-state index contributed by atoms with van der Waals surface area (Å²) in [6.45, 7) is 0.249. The molecule has 8 heteroatoms. The van der Waals surface area contributed by atoms with Gasteiger partial charge in [0.05, 0.1) is 20.4 Å². The molecule has 0 atom stereocenters. The van der Waals surface area contributed by atoms with Crippen molar-refractivity contribution in [3.63, 3.8) is 0 Å². The van der Waals surface area contributed by atoms with Gasteiger partial charge in [-0.1, -0.05) is 24.3 Å². The van der Waals surface area contributed by atoms with Crippen molar-refractivity contribution in [1.82, 2.24) is 10.7 Å². The van der Waals surface area contributed by atoms with E-state index in [4.69, 9.17) is 9.47 Å². The van der Waals surface area contributed by atoms with E-state index in [0.717, 1.165) is 11.8 Å². The number of carbonyl (C=O) groups is 2. The number of methoxy groups -OCH3 is 2. The number of carbonyl (C=O) groups excluding carboxylic acids is 2. The zero-order valence-corrected chi connectivity index (χ0v) is 15.0. The summed E-state index contributed by atoms with van der Waals surface area (Å²) in [6, 6.07) is 11.3. The van der Waals surface area contributed by atoms with Crippen LogP contribution in [0.15, 0.2) is 47.6 Å². The van der Waals surface area contributed by atoms with E-state index in [2.05, 4.69) is 15.8 Å². The molecular formula is C19H20FN3O4. The lowest BCUT2D eigenvalue weighted by Gasteiger charge is -2.10. The number of benzene rings is 2. The highest BCUT2D eigenvalue weighted by molar-refractivity contribution is 6.35.